The van der Waals surface area contributed by atoms with E-state index >= 15 is 0 Å². The van der Waals surface area contributed by atoms with Gasteiger partial charge in [0.1, 0.15) is 5.75 Å². The molecule has 0 radical (unpaired) electrons. The second kappa shape index (κ2) is 10.8. The molecule has 2 N–H and O–H groups in total. The molecular formula is C28H27ClN4O4. The summed E-state index contributed by atoms with van der Waals surface area (Å²) in [6.07, 6.45) is 4.07. The lowest BCUT2D eigenvalue weighted by atomic mass is 9.92. The number of amides is 1. The Bertz CT molecular complexity index is 1510. The number of carbonyl (C=O) groups is 1. The smallest absolute Gasteiger partial charge is 0.272 e. The SMILES string of the molecule is COc1ccccc1Nc1c2c(nc3ccc(NC(=O)c4ccc([N+](=O)[O-])c(C)c4)cc13)CCCC2.Cl. The number of aromatic nitrogens is 1. The van der Waals surface area contributed by atoms with Crippen molar-refractivity contribution in [3.05, 3.63) is 93.2 Å². The molecule has 5 rings (SSSR count). The number of aryl methyl sites for hydroxylation is 2. The van der Waals surface area contributed by atoms with Crippen LogP contribution in [0.5, 0.6) is 5.75 Å². The maximum atomic E-state index is 12.9. The van der Waals surface area contributed by atoms with E-state index in [0.29, 0.717) is 16.8 Å². The molecule has 0 unspecified atom stereocenters. The Morgan fingerprint density at radius 1 is 1.05 bits per heavy atom. The molecule has 1 amide bonds. The number of halogens is 1. The number of benzene rings is 3. The molecule has 0 saturated heterocycles. The average Bonchev–Trinajstić information content (AvgIpc) is 2.88. The Kier molecular flexibility index (Phi) is 7.59. The highest BCUT2D eigenvalue weighted by Crippen LogP contribution is 2.38. The lowest BCUT2D eigenvalue weighted by Gasteiger charge is -2.23. The van der Waals surface area contributed by atoms with E-state index < -0.39 is 4.92 Å². The Balaban J connectivity index is 0.00000320. The van der Waals surface area contributed by atoms with Crippen LogP contribution in [0, 0.1) is 17.0 Å². The van der Waals surface area contributed by atoms with E-state index in [2.05, 4.69) is 10.6 Å². The number of rotatable bonds is 6. The van der Waals surface area contributed by atoms with Gasteiger partial charge in [-0.1, -0.05) is 12.1 Å². The van der Waals surface area contributed by atoms with Crippen molar-refractivity contribution in [2.24, 2.45) is 0 Å². The van der Waals surface area contributed by atoms with Gasteiger partial charge in [-0.25, -0.2) is 0 Å². The summed E-state index contributed by atoms with van der Waals surface area (Å²) in [6, 6.07) is 17.8. The molecule has 1 aliphatic rings. The zero-order valence-electron chi connectivity index (χ0n) is 20.5. The van der Waals surface area contributed by atoms with Gasteiger partial charge < -0.3 is 15.4 Å². The Hall–Kier alpha value is -4.17. The number of para-hydroxylation sites is 2. The van der Waals surface area contributed by atoms with Gasteiger partial charge >= 0.3 is 0 Å². The van der Waals surface area contributed by atoms with Crippen molar-refractivity contribution >= 4 is 52.0 Å². The number of anilines is 3. The summed E-state index contributed by atoms with van der Waals surface area (Å²) in [7, 11) is 1.65. The average molecular weight is 519 g/mol. The number of pyridine rings is 1. The Morgan fingerprint density at radius 2 is 1.84 bits per heavy atom. The monoisotopic (exact) mass is 518 g/mol. The van der Waals surface area contributed by atoms with Crippen molar-refractivity contribution in [3.63, 3.8) is 0 Å². The number of fused-ring (bicyclic) bond motifs is 2. The molecule has 4 aromatic rings. The molecule has 0 atom stereocenters. The number of nitro groups is 1. The summed E-state index contributed by atoms with van der Waals surface area (Å²) < 4.78 is 5.55. The third kappa shape index (κ3) is 5.20. The lowest BCUT2D eigenvalue weighted by Crippen LogP contribution is -2.13. The first-order valence-electron chi connectivity index (χ1n) is 11.9. The molecule has 0 spiro atoms. The van der Waals surface area contributed by atoms with Crippen LogP contribution in [0.4, 0.5) is 22.7 Å². The predicted molar refractivity (Wildman–Crippen MR) is 148 cm³/mol. The van der Waals surface area contributed by atoms with Gasteiger partial charge in [-0.2, -0.15) is 0 Å². The van der Waals surface area contributed by atoms with Crippen LogP contribution in [0.15, 0.2) is 60.7 Å². The lowest BCUT2D eigenvalue weighted by molar-refractivity contribution is -0.385. The van der Waals surface area contributed by atoms with Crippen molar-refractivity contribution in [2.75, 3.05) is 17.7 Å². The van der Waals surface area contributed by atoms with Crippen LogP contribution in [0.25, 0.3) is 10.9 Å². The van der Waals surface area contributed by atoms with E-state index in [1.807, 2.05) is 42.5 Å². The molecule has 0 aliphatic heterocycles. The highest BCUT2D eigenvalue weighted by Gasteiger charge is 2.20. The summed E-state index contributed by atoms with van der Waals surface area (Å²) in [6.45, 7) is 1.62. The number of nitro benzene ring substituents is 1. The minimum atomic E-state index is -0.454. The maximum absolute atomic E-state index is 12.9. The fourth-order valence-electron chi connectivity index (χ4n) is 4.73. The van der Waals surface area contributed by atoms with E-state index in [1.165, 1.54) is 23.8 Å². The molecule has 0 bridgehead atoms. The first-order valence-corrected chi connectivity index (χ1v) is 11.9. The van der Waals surface area contributed by atoms with Gasteiger partial charge in [0.15, 0.2) is 0 Å². The van der Waals surface area contributed by atoms with Crippen LogP contribution in [0.2, 0.25) is 0 Å². The standard InChI is InChI=1S/C28H26N4O4.ClH/c1-17-15-18(11-14-25(17)32(34)35)28(33)29-19-12-13-23-21(16-19)27(20-7-3-4-8-22(20)30-23)31-24-9-5-6-10-26(24)36-2;/h5-6,9-16H,3-4,7-8H2,1-2H3,(H,29,33)(H,30,31);1H. The number of nitrogens with one attached hydrogen (secondary N) is 2. The third-order valence-electron chi connectivity index (χ3n) is 6.54. The van der Waals surface area contributed by atoms with Crippen LogP contribution in [-0.2, 0) is 12.8 Å². The number of hydrogen-bond acceptors (Lipinski definition) is 6. The predicted octanol–water partition coefficient (Wildman–Crippen LogP) is 6.76. The summed E-state index contributed by atoms with van der Waals surface area (Å²) in [4.78, 5) is 28.5. The number of methoxy groups -OCH3 is 1. The molecule has 190 valence electrons. The summed E-state index contributed by atoms with van der Waals surface area (Å²) in [5.41, 5.74) is 6.36. The van der Waals surface area contributed by atoms with Gasteiger partial charge in [-0.3, -0.25) is 19.9 Å². The van der Waals surface area contributed by atoms with E-state index in [-0.39, 0.29) is 24.0 Å². The van der Waals surface area contributed by atoms with Crippen LogP contribution in [-0.4, -0.2) is 22.9 Å². The first-order chi connectivity index (χ1) is 17.4. The van der Waals surface area contributed by atoms with Gasteiger partial charge in [0, 0.05) is 34.0 Å². The Morgan fingerprint density at radius 3 is 2.59 bits per heavy atom. The molecule has 1 aromatic heterocycles. The minimum Gasteiger partial charge on any atom is -0.495 e. The van der Waals surface area contributed by atoms with E-state index in [1.54, 1.807) is 14.0 Å². The van der Waals surface area contributed by atoms with Gasteiger partial charge in [0.05, 0.1) is 28.9 Å². The topological polar surface area (TPSA) is 106 Å². The third-order valence-corrected chi connectivity index (χ3v) is 6.54. The van der Waals surface area contributed by atoms with Crippen molar-refractivity contribution < 1.29 is 14.5 Å². The van der Waals surface area contributed by atoms with Gasteiger partial charge in [-0.05, 0) is 80.6 Å². The number of nitrogens with zero attached hydrogens (tertiary/aromatic N) is 2. The normalized spacial score (nSPS) is 12.3. The quantitative estimate of drug-likeness (QED) is 0.216. The largest absolute Gasteiger partial charge is 0.495 e. The highest BCUT2D eigenvalue weighted by atomic mass is 35.5. The summed E-state index contributed by atoms with van der Waals surface area (Å²) >= 11 is 0. The van der Waals surface area contributed by atoms with Crippen molar-refractivity contribution in [1.29, 1.82) is 0 Å². The van der Waals surface area contributed by atoms with Crippen molar-refractivity contribution in [1.82, 2.24) is 4.98 Å². The molecule has 3 aromatic carbocycles. The zero-order chi connectivity index (χ0) is 25.2. The molecule has 0 fully saturated rings. The zero-order valence-corrected chi connectivity index (χ0v) is 21.4. The molecule has 1 aliphatic carbocycles. The molecule has 0 saturated carbocycles. The summed E-state index contributed by atoms with van der Waals surface area (Å²) in [5, 5.41) is 18.5. The number of hydrogen-bond donors (Lipinski definition) is 2. The van der Waals surface area contributed by atoms with Gasteiger partial charge in [0.2, 0.25) is 0 Å². The number of ether oxygens (including phenoxy) is 1. The molecule has 37 heavy (non-hydrogen) atoms. The Labute approximate surface area is 220 Å². The summed E-state index contributed by atoms with van der Waals surface area (Å²) in [5.74, 6) is 0.405. The van der Waals surface area contributed by atoms with Crippen LogP contribution >= 0.6 is 12.4 Å². The van der Waals surface area contributed by atoms with Crippen LogP contribution < -0.4 is 15.4 Å². The molecule has 9 heteroatoms. The van der Waals surface area contributed by atoms with Gasteiger partial charge in [0.25, 0.3) is 11.6 Å². The first kappa shape index (κ1) is 25.9. The molecule has 1 heterocycles. The second-order valence-electron chi connectivity index (χ2n) is 8.89. The van der Waals surface area contributed by atoms with Crippen LogP contribution in [0.3, 0.4) is 0 Å². The number of carbonyl (C=O) groups excluding carboxylic acids is 1. The van der Waals surface area contributed by atoms with Crippen LogP contribution in [0.1, 0.15) is 40.0 Å². The fraction of sp³-hybridized carbons (Fsp3) is 0.214. The van der Waals surface area contributed by atoms with Crippen molar-refractivity contribution in [3.8, 4) is 5.75 Å². The highest BCUT2D eigenvalue weighted by molar-refractivity contribution is 6.06. The van der Waals surface area contributed by atoms with E-state index in [4.69, 9.17) is 9.72 Å². The molecule has 8 nitrogen and oxygen atoms in total. The van der Waals surface area contributed by atoms with E-state index in [9.17, 15) is 14.9 Å². The fourth-order valence-corrected chi connectivity index (χ4v) is 4.73. The maximum Gasteiger partial charge on any atom is 0.272 e. The minimum absolute atomic E-state index is 0. The van der Waals surface area contributed by atoms with Crippen molar-refractivity contribution in [2.45, 2.75) is 32.6 Å². The van der Waals surface area contributed by atoms with E-state index in [0.717, 1.165) is 59.4 Å². The van der Waals surface area contributed by atoms with Gasteiger partial charge in [-0.15, -0.1) is 12.4 Å². The second-order valence-corrected chi connectivity index (χ2v) is 8.89. The molecular weight excluding hydrogens is 492 g/mol.